The summed E-state index contributed by atoms with van der Waals surface area (Å²) in [6.45, 7) is 2.84. The van der Waals surface area contributed by atoms with Gasteiger partial charge >= 0.3 is 0 Å². The molecule has 7 nitrogen and oxygen atoms in total. The molecule has 7 heteroatoms. The second-order valence-electron chi connectivity index (χ2n) is 6.89. The molecule has 1 aliphatic rings. The maximum atomic E-state index is 5.40. The van der Waals surface area contributed by atoms with Gasteiger partial charge in [0.2, 0.25) is 0 Å². The van der Waals surface area contributed by atoms with E-state index in [1.54, 1.807) is 14.2 Å². The molecule has 2 aromatic heterocycles. The van der Waals surface area contributed by atoms with Gasteiger partial charge in [-0.3, -0.25) is 4.68 Å². The first kappa shape index (κ1) is 17.6. The second-order valence-corrected chi connectivity index (χ2v) is 6.89. The first-order valence-electron chi connectivity index (χ1n) is 9.31. The van der Waals surface area contributed by atoms with Gasteiger partial charge in [0.1, 0.15) is 5.69 Å². The molecule has 1 aromatic carbocycles. The molecular formula is C20H25N5O2. The van der Waals surface area contributed by atoms with Gasteiger partial charge in [0, 0.05) is 25.9 Å². The van der Waals surface area contributed by atoms with E-state index in [9.17, 15) is 0 Å². The van der Waals surface area contributed by atoms with Crippen LogP contribution in [0.3, 0.4) is 0 Å². The first-order valence-corrected chi connectivity index (χ1v) is 9.31. The fourth-order valence-corrected chi connectivity index (χ4v) is 3.32. The summed E-state index contributed by atoms with van der Waals surface area (Å²) in [5, 5.41) is 9.37. The fraction of sp³-hybridized carbons (Fsp3) is 0.450. The number of rotatable bonds is 7. The van der Waals surface area contributed by atoms with Crippen LogP contribution in [-0.4, -0.2) is 38.8 Å². The van der Waals surface area contributed by atoms with Gasteiger partial charge in [-0.1, -0.05) is 6.07 Å². The molecule has 1 saturated carbocycles. The Morgan fingerprint density at radius 1 is 1.07 bits per heavy atom. The molecule has 142 valence electrons. The van der Waals surface area contributed by atoms with Crippen LogP contribution < -0.4 is 9.47 Å². The molecule has 3 aromatic rings. The van der Waals surface area contributed by atoms with Gasteiger partial charge in [-0.25, -0.2) is 9.67 Å². The van der Waals surface area contributed by atoms with E-state index in [2.05, 4.69) is 18.1 Å². The Morgan fingerprint density at radius 2 is 1.85 bits per heavy atom. The Morgan fingerprint density at radius 3 is 2.52 bits per heavy atom. The highest BCUT2D eigenvalue weighted by atomic mass is 16.5. The number of methoxy groups -OCH3 is 2. The third-order valence-corrected chi connectivity index (χ3v) is 4.95. The Labute approximate surface area is 158 Å². The van der Waals surface area contributed by atoms with Gasteiger partial charge in [0.05, 0.1) is 19.9 Å². The number of hydrogen-bond acceptors (Lipinski definition) is 5. The average molecular weight is 367 g/mol. The average Bonchev–Trinajstić information content (AvgIpc) is 3.35. The van der Waals surface area contributed by atoms with Crippen molar-refractivity contribution in [1.29, 1.82) is 0 Å². The van der Waals surface area contributed by atoms with Crippen LogP contribution in [0.25, 0.3) is 11.5 Å². The minimum absolute atomic E-state index is 0.620. The van der Waals surface area contributed by atoms with Gasteiger partial charge in [0.15, 0.2) is 23.1 Å². The van der Waals surface area contributed by atoms with Crippen molar-refractivity contribution in [2.45, 2.75) is 38.6 Å². The molecule has 0 spiro atoms. The molecule has 2 heterocycles. The minimum Gasteiger partial charge on any atom is -0.493 e. The molecule has 0 aliphatic heterocycles. The number of aromatic nitrogens is 5. The van der Waals surface area contributed by atoms with E-state index in [1.807, 2.05) is 34.6 Å². The predicted molar refractivity (Wildman–Crippen MR) is 102 cm³/mol. The van der Waals surface area contributed by atoms with Gasteiger partial charge in [-0.15, -0.1) is 0 Å². The summed E-state index contributed by atoms with van der Waals surface area (Å²) in [4.78, 5) is 4.82. The third kappa shape index (κ3) is 3.41. The minimum atomic E-state index is 0.620. The number of ether oxygens (including phenoxy) is 2. The van der Waals surface area contributed by atoms with Crippen molar-refractivity contribution in [3.8, 4) is 23.0 Å². The van der Waals surface area contributed by atoms with Crippen molar-refractivity contribution in [3.63, 3.8) is 0 Å². The van der Waals surface area contributed by atoms with E-state index in [4.69, 9.17) is 19.6 Å². The molecule has 0 N–H and O–H groups in total. The molecule has 0 atom stereocenters. The largest absolute Gasteiger partial charge is 0.493 e. The van der Waals surface area contributed by atoms with E-state index in [-0.39, 0.29) is 0 Å². The Balaban J connectivity index is 1.64. The smallest absolute Gasteiger partial charge is 0.176 e. The number of aryl methyl sites for hydroxylation is 2. The normalized spacial score (nSPS) is 13.8. The number of benzene rings is 1. The third-order valence-electron chi connectivity index (χ3n) is 4.95. The zero-order valence-corrected chi connectivity index (χ0v) is 16.3. The lowest BCUT2D eigenvalue weighted by atomic mass is 10.1. The van der Waals surface area contributed by atoms with E-state index in [1.165, 1.54) is 18.5 Å². The van der Waals surface area contributed by atoms with Gasteiger partial charge in [0.25, 0.3) is 0 Å². The highest BCUT2D eigenvalue weighted by Crippen LogP contribution is 2.40. The number of hydrogen-bond donors (Lipinski definition) is 0. The van der Waals surface area contributed by atoms with E-state index in [0.717, 1.165) is 35.2 Å². The quantitative estimate of drug-likeness (QED) is 0.642. The van der Waals surface area contributed by atoms with Crippen molar-refractivity contribution >= 4 is 0 Å². The standard InChI is InChI=1S/C20H25N5O2/c1-5-25-20(16-12-15(14-7-8-14)22-24(16)2)21-19(23-25)11-13-6-9-17(26-3)18(10-13)27-4/h6,9-10,12,14H,5,7-8,11H2,1-4H3. The molecule has 4 rings (SSSR count). The van der Waals surface area contributed by atoms with Crippen LogP contribution in [0.2, 0.25) is 0 Å². The highest BCUT2D eigenvalue weighted by Gasteiger charge is 2.28. The van der Waals surface area contributed by atoms with Crippen molar-refractivity contribution < 1.29 is 9.47 Å². The molecular weight excluding hydrogens is 342 g/mol. The van der Waals surface area contributed by atoms with Crippen LogP contribution in [0.1, 0.15) is 42.8 Å². The zero-order chi connectivity index (χ0) is 19.0. The Hall–Kier alpha value is -2.83. The summed E-state index contributed by atoms with van der Waals surface area (Å²) in [6, 6.07) is 8.06. The molecule has 1 fully saturated rings. The van der Waals surface area contributed by atoms with Crippen LogP contribution >= 0.6 is 0 Å². The maximum Gasteiger partial charge on any atom is 0.176 e. The van der Waals surface area contributed by atoms with Crippen LogP contribution in [0.15, 0.2) is 24.3 Å². The van der Waals surface area contributed by atoms with Crippen molar-refractivity contribution in [3.05, 3.63) is 41.3 Å². The number of nitrogens with zero attached hydrogens (tertiary/aromatic N) is 5. The molecule has 0 amide bonds. The van der Waals surface area contributed by atoms with Gasteiger partial charge in [-0.05, 0) is 43.5 Å². The molecule has 1 aliphatic carbocycles. The van der Waals surface area contributed by atoms with Crippen LogP contribution in [0, 0.1) is 0 Å². The lowest BCUT2D eigenvalue weighted by Crippen LogP contribution is -2.03. The zero-order valence-electron chi connectivity index (χ0n) is 16.3. The Kier molecular flexibility index (Phi) is 4.59. The first-order chi connectivity index (χ1) is 13.1. The van der Waals surface area contributed by atoms with Gasteiger partial charge in [-0.2, -0.15) is 10.2 Å². The highest BCUT2D eigenvalue weighted by molar-refractivity contribution is 5.52. The van der Waals surface area contributed by atoms with Crippen molar-refractivity contribution in [1.82, 2.24) is 24.5 Å². The lowest BCUT2D eigenvalue weighted by molar-refractivity contribution is 0.354. The topological polar surface area (TPSA) is 67.0 Å². The molecule has 0 radical (unpaired) electrons. The summed E-state index contributed by atoms with van der Waals surface area (Å²) in [5.41, 5.74) is 3.26. The summed E-state index contributed by atoms with van der Waals surface area (Å²) in [7, 11) is 5.26. The van der Waals surface area contributed by atoms with Crippen LogP contribution in [0.5, 0.6) is 11.5 Å². The van der Waals surface area contributed by atoms with E-state index >= 15 is 0 Å². The predicted octanol–water partition coefficient (Wildman–Crippen LogP) is 3.18. The van der Waals surface area contributed by atoms with E-state index < -0.39 is 0 Å². The molecule has 0 unspecified atom stereocenters. The molecule has 27 heavy (non-hydrogen) atoms. The summed E-state index contributed by atoms with van der Waals surface area (Å²) in [5.74, 6) is 3.71. The van der Waals surface area contributed by atoms with Gasteiger partial charge < -0.3 is 9.47 Å². The summed E-state index contributed by atoms with van der Waals surface area (Å²) < 4.78 is 14.6. The van der Waals surface area contributed by atoms with Crippen LogP contribution in [-0.2, 0) is 20.0 Å². The van der Waals surface area contributed by atoms with Crippen molar-refractivity contribution in [2.24, 2.45) is 7.05 Å². The van der Waals surface area contributed by atoms with Crippen molar-refractivity contribution in [2.75, 3.05) is 14.2 Å². The Bertz CT molecular complexity index is 955. The monoisotopic (exact) mass is 367 g/mol. The molecule has 0 saturated heterocycles. The maximum absolute atomic E-state index is 5.40. The van der Waals surface area contributed by atoms with Crippen LogP contribution in [0.4, 0.5) is 0 Å². The second kappa shape index (κ2) is 7.06. The van der Waals surface area contributed by atoms with E-state index in [0.29, 0.717) is 18.1 Å². The fourth-order valence-electron chi connectivity index (χ4n) is 3.32. The lowest BCUT2D eigenvalue weighted by Gasteiger charge is -2.08. The summed E-state index contributed by atoms with van der Waals surface area (Å²) in [6.07, 6.45) is 3.11. The molecule has 0 bridgehead atoms. The SMILES string of the molecule is CCn1nc(Cc2ccc(OC)c(OC)c2)nc1-c1cc(C2CC2)nn1C. The summed E-state index contributed by atoms with van der Waals surface area (Å²) >= 11 is 0.